The summed E-state index contributed by atoms with van der Waals surface area (Å²) in [6.45, 7) is 13.4. The van der Waals surface area contributed by atoms with Gasteiger partial charge in [-0.15, -0.1) is 0 Å². The number of nitrogens with one attached hydrogen (secondary N) is 1. The average Bonchev–Trinajstić information content (AvgIpc) is 2.45. The fourth-order valence-corrected chi connectivity index (χ4v) is 2.79. The number of piperazine rings is 1. The summed E-state index contributed by atoms with van der Waals surface area (Å²) in [7, 11) is 1.76. The maximum atomic E-state index is 5.58. The normalized spacial score (nSPS) is 18.9. The summed E-state index contributed by atoms with van der Waals surface area (Å²) in [4.78, 5) is 2.53. The summed E-state index contributed by atoms with van der Waals surface area (Å²) in [5.41, 5.74) is 2.85. The fourth-order valence-electron chi connectivity index (χ4n) is 2.79. The summed E-state index contributed by atoms with van der Waals surface area (Å²) >= 11 is 0. The molecule has 0 saturated carbocycles. The van der Waals surface area contributed by atoms with Gasteiger partial charge in [-0.1, -0.05) is 26.8 Å². The van der Waals surface area contributed by atoms with Crippen LogP contribution in [-0.2, 0) is 5.41 Å². The average molecular weight is 276 g/mol. The van der Waals surface area contributed by atoms with Crippen LogP contribution in [0.15, 0.2) is 18.2 Å². The first-order valence-corrected chi connectivity index (χ1v) is 7.56. The zero-order valence-corrected chi connectivity index (χ0v) is 13.5. The van der Waals surface area contributed by atoms with Crippen molar-refractivity contribution in [3.8, 4) is 5.75 Å². The van der Waals surface area contributed by atoms with E-state index < -0.39 is 0 Å². The van der Waals surface area contributed by atoms with Gasteiger partial charge in [0.25, 0.3) is 0 Å². The highest BCUT2D eigenvalue weighted by molar-refractivity contribution is 5.41. The van der Waals surface area contributed by atoms with Crippen molar-refractivity contribution in [2.75, 3.05) is 33.3 Å². The number of benzene rings is 1. The van der Waals surface area contributed by atoms with Crippen molar-refractivity contribution in [1.82, 2.24) is 10.2 Å². The smallest absolute Gasteiger partial charge is 0.123 e. The van der Waals surface area contributed by atoms with Crippen molar-refractivity contribution in [3.63, 3.8) is 0 Å². The third-order valence-corrected chi connectivity index (χ3v) is 4.25. The van der Waals surface area contributed by atoms with Gasteiger partial charge in [-0.2, -0.15) is 0 Å². The van der Waals surface area contributed by atoms with Crippen molar-refractivity contribution in [1.29, 1.82) is 0 Å². The van der Waals surface area contributed by atoms with Gasteiger partial charge < -0.3 is 10.1 Å². The maximum Gasteiger partial charge on any atom is 0.123 e. The van der Waals surface area contributed by atoms with Crippen LogP contribution in [0, 0.1) is 0 Å². The van der Waals surface area contributed by atoms with E-state index in [2.05, 4.69) is 56.1 Å². The van der Waals surface area contributed by atoms with Crippen molar-refractivity contribution >= 4 is 0 Å². The predicted molar refractivity (Wildman–Crippen MR) is 84.6 cm³/mol. The quantitative estimate of drug-likeness (QED) is 0.918. The Labute approximate surface area is 123 Å². The van der Waals surface area contributed by atoms with Gasteiger partial charge in [-0.25, -0.2) is 0 Å². The molecule has 1 N–H and O–H groups in total. The molecule has 0 amide bonds. The van der Waals surface area contributed by atoms with E-state index in [9.17, 15) is 0 Å². The van der Waals surface area contributed by atoms with Crippen molar-refractivity contribution in [3.05, 3.63) is 29.3 Å². The number of methoxy groups -OCH3 is 1. The first-order chi connectivity index (χ1) is 9.43. The molecule has 1 aliphatic rings. The standard InChI is InChI=1S/C17H28N2O/c1-13(19-10-8-18-9-11-19)15-12-14(17(2,3)4)6-7-16(15)20-5/h6-7,12-13,18H,8-11H2,1-5H3. The minimum absolute atomic E-state index is 0.171. The maximum absolute atomic E-state index is 5.58. The third kappa shape index (κ3) is 3.33. The summed E-state index contributed by atoms with van der Waals surface area (Å²) in [6, 6.07) is 7.03. The highest BCUT2D eigenvalue weighted by Gasteiger charge is 2.23. The van der Waals surface area contributed by atoms with E-state index in [1.54, 1.807) is 7.11 Å². The van der Waals surface area contributed by atoms with Gasteiger partial charge in [0.1, 0.15) is 5.75 Å². The van der Waals surface area contributed by atoms with E-state index in [0.29, 0.717) is 6.04 Å². The van der Waals surface area contributed by atoms with E-state index >= 15 is 0 Å². The Morgan fingerprint density at radius 2 is 1.85 bits per heavy atom. The Balaban J connectivity index is 2.32. The molecule has 0 aromatic heterocycles. The SMILES string of the molecule is COc1ccc(C(C)(C)C)cc1C(C)N1CCNCC1. The van der Waals surface area contributed by atoms with Crippen LogP contribution >= 0.6 is 0 Å². The highest BCUT2D eigenvalue weighted by Crippen LogP contribution is 2.33. The molecule has 1 aliphatic heterocycles. The summed E-state index contributed by atoms with van der Waals surface area (Å²) in [6.07, 6.45) is 0. The monoisotopic (exact) mass is 276 g/mol. The van der Waals surface area contributed by atoms with Crippen LogP contribution in [0.1, 0.15) is 44.9 Å². The van der Waals surface area contributed by atoms with E-state index in [0.717, 1.165) is 31.9 Å². The summed E-state index contributed by atoms with van der Waals surface area (Å²) in [5.74, 6) is 1.00. The predicted octanol–water partition coefficient (Wildman–Crippen LogP) is 2.96. The van der Waals surface area contributed by atoms with Crippen LogP contribution < -0.4 is 10.1 Å². The second kappa shape index (κ2) is 6.15. The van der Waals surface area contributed by atoms with Gasteiger partial charge in [0, 0.05) is 37.8 Å². The molecule has 1 aromatic rings. The van der Waals surface area contributed by atoms with Crippen molar-refractivity contribution in [2.24, 2.45) is 0 Å². The molecule has 1 saturated heterocycles. The van der Waals surface area contributed by atoms with E-state index in [4.69, 9.17) is 4.74 Å². The first-order valence-electron chi connectivity index (χ1n) is 7.56. The second-order valence-electron chi connectivity index (χ2n) is 6.67. The molecule has 3 heteroatoms. The summed E-state index contributed by atoms with van der Waals surface area (Å²) in [5, 5.41) is 3.41. The molecule has 1 fully saturated rings. The van der Waals surface area contributed by atoms with E-state index in [-0.39, 0.29) is 5.41 Å². The van der Waals surface area contributed by atoms with Gasteiger partial charge in [0.2, 0.25) is 0 Å². The van der Waals surface area contributed by atoms with Gasteiger partial charge in [0.05, 0.1) is 7.11 Å². The molecular weight excluding hydrogens is 248 g/mol. The zero-order chi connectivity index (χ0) is 14.8. The Morgan fingerprint density at radius 1 is 1.20 bits per heavy atom. The van der Waals surface area contributed by atoms with Crippen molar-refractivity contribution in [2.45, 2.75) is 39.2 Å². The lowest BCUT2D eigenvalue weighted by Gasteiger charge is -2.34. The number of hydrogen-bond acceptors (Lipinski definition) is 3. The molecule has 1 atom stereocenters. The number of nitrogens with zero attached hydrogens (tertiary/aromatic N) is 1. The van der Waals surface area contributed by atoms with Gasteiger partial charge >= 0.3 is 0 Å². The minimum Gasteiger partial charge on any atom is -0.496 e. The zero-order valence-electron chi connectivity index (χ0n) is 13.5. The Kier molecular flexibility index (Phi) is 4.71. The summed E-state index contributed by atoms with van der Waals surface area (Å²) < 4.78 is 5.58. The molecule has 0 radical (unpaired) electrons. The van der Waals surface area contributed by atoms with E-state index in [1.807, 2.05) is 0 Å². The van der Waals surface area contributed by atoms with Crippen LogP contribution in [0.25, 0.3) is 0 Å². The van der Waals surface area contributed by atoms with Crippen molar-refractivity contribution < 1.29 is 4.74 Å². The molecule has 3 nitrogen and oxygen atoms in total. The molecule has 112 valence electrons. The Hall–Kier alpha value is -1.06. The molecule has 1 aromatic carbocycles. The fraction of sp³-hybridized carbons (Fsp3) is 0.647. The van der Waals surface area contributed by atoms with E-state index in [1.165, 1.54) is 11.1 Å². The largest absolute Gasteiger partial charge is 0.496 e. The molecule has 0 aliphatic carbocycles. The number of rotatable bonds is 3. The Morgan fingerprint density at radius 3 is 2.40 bits per heavy atom. The topological polar surface area (TPSA) is 24.5 Å². The molecule has 2 rings (SSSR count). The van der Waals surface area contributed by atoms with Gasteiger partial charge in [0.15, 0.2) is 0 Å². The lowest BCUT2D eigenvalue weighted by atomic mass is 9.85. The Bertz CT molecular complexity index is 445. The molecular formula is C17H28N2O. The minimum atomic E-state index is 0.171. The van der Waals surface area contributed by atoms with Crippen LogP contribution in [0.5, 0.6) is 5.75 Å². The van der Waals surface area contributed by atoms with Gasteiger partial charge in [-0.05, 0) is 30.0 Å². The second-order valence-corrected chi connectivity index (χ2v) is 6.67. The molecule has 20 heavy (non-hydrogen) atoms. The highest BCUT2D eigenvalue weighted by atomic mass is 16.5. The lowest BCUT2D eigenvalue weighted by Crippen LogP contribution is -2.44. The number of hydrogen-bond donors (Lipinski definition) is 1. The molecule has 1 unspecified atom stereocenters. The third-order valence-electron chi connectivity index (χ3n) is 4.25. The van der Waals surface area contributed by atoms with Crippen LogP contribution in [-0.4, -0.2) is 38.2 Å². The van der Waals surface area contributed by atoms with Crippen LogP contribution in [0.2, 0.25) is 0 Å². The molecule has 0 spiro atoms. The lowest BCUT2D eigenvalue weighted by molar-refractivity contribution is 0.182. The molecule has 1 heterocycles. The van der Waals surface area contributed by atoms with Crippen LogP contribution in [0.4, 0.5) is 0 Å². The number of ether oxygens (including phenoxy) is 1. The first kappa shape index (κ1) is 15.3. The van der Waals surface area contributed by atoms with Gasteiger partial charge in [-0.3, -0.25) is 4.90 Å². The van der Waals surface area contributed by atoms with Crippen LogP contribution in [0.3, 0.4) is 0 Å². The molecule has 0 bridgehead atoms.